The number of hydrogen-bond acceptors (Lipinski definition) is 5. The molecule has 6 nitrogen and oxygen atoms in total. The van der Waals surface area contributed by atoms with E-state index in [0.29, 0.717) is 20.7 Å². The van der Waals surface area contributed by atoms with Gasteiger partial charge in [-0.25, -0.2) is 0 Å². The molecule has 0 bridgehead atoms. The van der Waals surface area contributed by atoms with Gasteiger partial charge < -0.3 is 0 Å². The zero-order valence-corrected chi connectivity index (χ0v) is 12.8. The zero-order chi connectivity index (χ0) is 14.8. The summed E-state index contributed by atoms with van der Waals surface area (Å²) < 4.78 is 1.67. The van der Waals surface area contributed by atoms with Crippen molar-refractivity contribution in [2.24, 2.45) is 0 Å². The molecule has 0 atom stereocenters. The number of carbonyl (C=O) groups excluding carboxylic acids is 1. The monoisotopic (exact) mass is 321 g/mol. The fraction of sp³-hybridized carbons (Fsp3) is 0.231. The molecule has 1 N–H and O–H groups in total. The summed E-state index contributed by atoms with van der Waals surface area (Å²) in [5.74, 6) is 0.574. The number of aryl methyl sites for hydroxylation is 1. The van der Waals surface area contributed by atoms with Crippen LogP contribution in [0.1, 0.15) is 29.5 Å². The number of carbonyl (C=O) groups is 1. The molecule has 0 saturated carbocycles. The van der Waals surface area contributed by atoms with Crippen LogP contribution < -0.4 is 5.32 Å². The topological polar surface area (TPSA) is 72.2 Å². The molecular formula is C13H12ClN5OS. The standard InChI is InChI=1S/C13H12ClN5OS/c1-2-3-10-16-17-13-19(10)18-12(21-13)15-11(20)8-4-6-9(14)7-5-8/h4-7H,2-3H2,1H3,(H,15,18,20). The Balaban J connectivity index is 1.81. The van der Waals surface area contributed by atoms with Crippen LogP contribution in [0.25, 0.3) is 4.96 Å². The predicted octanol–water partition coefficient (Wildman–Crippen LogP) is 3.04. The van der Waals surface area contributed by atoms with Crippen molar-refractivity contribution < 1.29 is 4.79 Å². The van der Waals surface area contributed by atoms with Crippen molar-refractivity contribution in [1.82, 2.24) is 19.8 Å². The van der Waals surface area contributed by atoms with Gasteiger partial charge in [0.1, 0.15) is 0 Å². The van der Waals surface area contributed by atoms with E-state index >= 15 is 0 Å². The lowest BCUT2D eigenvalue weighted by Crippen LogP contribution is -2.11. The largest absolute Gasteiger partial charge is 0.296 e. The quantitative estimate of drug-likeness (QED) is 0.801. The van der Waals surface area contributed by atoms with Crippen molar-refractivity contribution in [2.45, 2.75) is 19.8 Å². The molecule has 0 radical (unpaired) electrons. The van der Waals surface area contributed by atoms with E-state index in [4.69, 9.17) is 11.6 Å². The normalized spacial score (nSPS) is 11.0. The van der Waals surface area contributed by atoms with Crippen molar-refractivity contribution in [3.05, 3.63) is 40.7 Å². The lowest BCUT2D eigenvalue weighted by Gasteiger charge is -2.01. The molecule has 0 unspecified atom stereocenters. The number of nitrogens with zero attached hydrogens (tertiary/aromatic N) is 4. The highest BCUT2D eigenvalue weighted by Gasteiger charge is 2.13. The van der Waals surface area contributed by atoms with Gasteiger partial charge in [0.2, 0.25) is 10.1 Å². The second kappa shape index (κ2) is 5.79. The van der Waals surface area contributed by atoms with Crippen LogP contribution in [0.3, 0.4) is 0 Å². The molecule has 21 heavy (non-hydrogen) atoms. The fourth-order valence-corrected chi connectivity index (χ4v) is 2.74. The summed E-state index contributed by atoms with van der Waals surface area (Å²) in [6.45, 7) is 2.07. The first-order chi connectivity index (χ1) is 10.2. The van der Waals surface area contributed by atoms with Crippen molar-refractivity contribution in [1.29, 1.82) is 0 Å². The molecule has 0 spiro atoms. The average Bonchev–Trinajstić information content (AvgIpc) is 3.01. The summed E-state index contributed by atoms with van der Waals surface area (Å²) in [7, 11) is 0. The van der Waals surface area contributed by atoms with E-state index < -0.39 is 0 Å². The maximum absolute atomic E-state index is 12.1. The van der Waals surface area contributed by atoms with Gasteiger partial charge >= 0.3 is 0 Å². The Morgan fingerprint density at radius 2 is 2.10 bits per heavy atom. The van der Waals surface area contributed by atoms with Gasteiger partial charge in [0.15, 0.2) is 5.82 Å². The Labute approximate surface area is 129 Å². The summed E-state index contributed by atoms with van der Waals surface area (Å²) in [4.78, 5) is 12.8. The Hall–Kier alpha value is -1.99. The van der Waals surface area contributed by atoms with Crippen LogP contribution in [0.5, 0.6) is 0 Å². The molecule has 0 aliphatic heterocycles. The molecule has 3 aromatic rings. The minimum absolute atomic E-state index is 0.228. The van der Waals surface area contributed by atoms with Gasteiger partial charge in [0, 0.05) is 17.0 Å². The highest BCUT2D eigenvalue weighted by molar-refractivity contribution is 7.20. The van der Waals surface area contributed by atoms with Crippen LogP contribution in [0, 0.1) is 0 Å². The molecule has 2 heterocycles. The maximum Gasteiger partial charge on any atom is 0.257 e. The molecule has 1 aromatic carbocycles. The fourth-order valence-electron chi connectivity index (χ4n) is 1.86. The number of anilines is 1. The second-order valence-electron chi connectivity index (χ2n) is 4.43. The van der Waals surface area contributed by atoms with Crippen LogP contribution in [0.4, 0.5) is 5.13 Å². The van der Waals surface area contributed by atoms with Gasteiger partial charge in [-0.3, -0.25) is 10.1 Å². The number of aromatic nitrogens is 4. The second-order valence-corrected chi connectivity index (χ2v) is 5.82. The number of fused-ring (bicyclic) bond motifs is 1. The third-order valence-electron chi connectivity index (χ3n) is 2.86. The van der Waals surface area contributed by atoms with E-state index in [-0.39, 0.29) is 5.91 Å². The number of amides is 1. The van der Waals surface area contributed by atoms with Gasteiger partial charge in [-0.2, -0.15) is 4.52 Å². The summed E-state index contributed by atoms with van der Waals surface area (Å²) in [6, 6.07) is 6.68. The number of hydrogen-bond donors (Lipinski definition) is 1. The molecular weight excluding hydrogens is 310 g/mol. The zero-order valence-electron chi connectivity index (χ0n) is 11.2. The van der Waals surface area contributed by atoms with E-state index in [1.807, 2.05) is 0 Å². The molecule has 3 rings (SSSR count). The third-order valence-corrected chi connectivity index (χ3v) is 3.92. The summed E-state index contributed by atoms with van der Waals surface area (Å²) in [5.41, 5.74) is 0.527. The smallest absolute Gasteiger partial charge is 0.257 e. The molecule has 0 aliphatic carbocycles. The number of nitrogens with one attached hydrogen (secondary N) is 1. The van der Waals surface area contributed by atoms with Crippen LogP contribution in [0.2, 0.25) is 5.02 Å². The van der Waals surface area contributed by atoms with Crippen LogP contribution in [-0.2, 0) is 6.42 Å². The van der Waals surface area contributed by atoms with Crippen molar-refractivity contribution in [2.75, 3.05) is 5.32 Å². The van der Waals surface area contributed by atoms with Gasteiger partial charge in [-0.1, -0.05) is 29.9 Å². The number of halogens is 1. The Morgan fingerprint density at radius 1 is 1.33 bits per heavy atom. The first-order valence-electron chi connectivity index (χ1n) is 6.45. The first kappa shape index (κ1) is 14.0. The predicted molar refractivity (Wildman–Crippen MR) is 82.1 cm³/mol. The summed E-state index contributed by atoms with van der Waals surface area (Å²) >= 11 is 7.09. The molecule has 108 valence electrons. The Kier molecular flexibility index (Phi) is 3.85. The van der Waals surface area contributed by atoms with Gasteiger partial charge in [-0.05, 0) is 30.7 Å². The average molecular weight is 322 g/mol. The van der Waals surface area contributed by atoms with E-state index in [1.54, 1.807) is 28.8 Å². The highest BCUT2D eigenvalue weighted by atomic mass is 35.5. The Bertz CT molecular complexity index is 780. The van der Waals surface area contributed by atoms with E-state index in [9.17, 15) is 4.79 Å². The number of benzene rings is 1. The molecule has 0 aliphatic rings. The Morgan fingerprint density at radius 3 is 2.81 bits per heavy atom. The highest BCUT2D eigenvalue weighted by Crippen LogP contribution is 2.20. The summed E-state index contributed by atoms with van der Waals surface area (Å²) in [5, 5.41) is 16.3. The van der Waals surface area contributed by atoms with E-state index in [2.05, 4.69) is 27.5 Å². The maximum atomic E-state index is 12.1. The molecule has 0 fully saturated rings. The third kappa shape index (κ3) is 2.88. The van der Waals surface area contributed by atoms with Crippen molar-refractivity contribution in [3.8, 4) is 0 Å². The molecule has 2 aromatic heterocycles. The number of rotatable bonds is 4. The van der Waals surface area contributed by atoms with Crippen LogP contribution >= 0.6 is 22.9 Å². The SMILES string of the molecule is CCCc1nnc2sc(NC(=O)c3ccc(Cl)cc3)nn12. The van der Waals surface area contributed by atoms with Crippen LogP contribution in [0.15, 0.2) is 24.3 Å². The van der Waals surface area contributed by atoms with E-state index in [1.165, 1.54) is 11.3 Å². The molecule has 1 amide bonds. The van der Waals surface area contributed by atoms with Crippen LogP contribution in [-0.4, -0.2) is 25.7 Å². The molecule has 8 heteroatoms. The lowest BCUT2D eigenvalue weighted by molar-refractivity contribution is 0.102. The van der Waals surface area contributed by atoms with Gasteiger partial charge in [0.05, 0.1) is 0 Å². The minimum atomic E-state index is -0.228. The van der Waals surface area contributed by atoms with Crippen molar-refractivity contribution in [3.63, 3.8) is 0 Å². The minimum Gasteiger partial charge on any atom is -0.296 e. The molecule has 0 saturated heterocycles. The van der Waals surface area contributed by atoms with Gasteiger partial charge in [0.25, 0.3) is 5.91 Å². The van der Waals surface area contributed by atoms with E-state index in [0.717, 1.165) is 18.7 Å². The van der Waals surface area contributed by atoms with Crippen molar-refractivity contribution >= 4 is 38.9 Å². The lowest BCUT2D eigenvalue weighted by atomic mass is 10.2. The van der Waals surface area contributed by atoms with Gasteiger partial charge in [-0.15, -0.1) is 15.3 Å². The summed E-state index contributed by atoms with van der Waals surface area (Å²) in [6.07, 6.45) is 1.76. The first-order valence-corrected chi connectivity index (χ1v) is 7.65.